The zero-order chi connectivity index (χ0) is 23.4. The first-order valence-corrected chi connectivity index (χ1v) is 11.0. The first-order chi connectivity index (χ1) is 16.5. The molecule has 0 aromatic heterocycles. The number of carbonyl (C=O) groups excluding carboxylic acids is 3. The molecular formula is C27H19FN2O4. The number of carbonyl (C=O) groups is 3. The monoisotopic (exact) mass is 454 g/mol. The standard InChI is InChI=1S/C27H19FN2O4/c28-17-11-13-18(14-12-17)29-25(31)22-21-15-10-16-6-4-5-9-20(16)30(21)24(23(22)26(29)32)27(33)34-19-7-2-1-3-8-19/h1-15,21-24H/t21-,22-,23-,24+/m1/s1. The average Bonchev–Trinajstić information content (AvgIpc) is 3.33. The molecule has 0 radical (unpaired) electrons. The van der Waals surface area contributed by atoms with Crippen LogP contribution >= 0.6 is 0 Å². The summed E-state index contributed by atoms with van der Waals surface area (Å²) in [5.41, 5.74) is 1.95. The number of imide groups is 1. The number of fused-ring (bicyclic) bond motifs is 5. The Labute approximate surface area is 194 Å². The van der Waals surface area contributed by atoms with Gasteiger partial charge in [-0.1, -0.05) is 48.6 Å². The first-order valence-electron chi connectivity index (χ1n) is 11.0. The fourth-order valence-electron chi connectivity index (χ4n) is 5.29. The predicted molar refractivity (Wildman–Crippen MR) is 123 cm³/mol. The number of benzene rings is 3. The molecule has 2 amide bonds. The Kier molecular flexibility index (Phi) is 4.58. The van der Waals surface area contributed by atoms with Crippen molar-refractivity contribution in [3.63, 3.8) is 0 Å². The predicted octanol–water partition coefficient (Wildman–Crippen LogP) is 3.82. The largest absolute Gasteiger partial charge is 0.425 e. The van der Waals surface area contributed by atoms with E-state index in [4.69, 9.17) is 4.74 Å². The second-order valence-corrected chi connectivity index (χ2v) is 8.53. The summed E-state index contributed by atoms with van der Waals surface area (Å²) >= 11 is 0. The van der Waals surface area contributed by atoms with Crippen molar-refractivity contribution in [3.8, 4) is 5.75 Å². The van der Waals surface area contributed by atoms with Gasteiger partial charge in [0.15, 0.2) is 0 Å². The minimum atomic E-state index is -0.997. The topological polar surface area (TPSA) is 66.9 Å². The van der Waals surface area contributed by atoms with Crippen LogP contribution < -0.4 is 14.5 Å². The highest BCUT2D eigenvalue weighted by molar-refractivity contribution is 6.24. The second kappa shape index (κ2) is 7.66. The Morgan fingerprint density at radius 1 is 0.824 bits per heavy atom. The van der Waals surface area contributed by atoms with E-state index in [0.717, 1.165) is 16.2 Å². The molecule has 3 heterocycles. The molecule has 0 unspecified atom stereocenters. The van der Waals surface area contributed by atoms with Gasteiger partial charge in [0.05, 0.1) is 23.6 Å². The molecule has 3 aromatic carbocycles. The molecule has 168 valence electrons. The van der Waals surface area contributed by atoms with Crippen LogP contribution in [0, 0.1) is 17.7 Å². The van der Waals surface area contributed by atoms with Crippen LogP contribution in [0.2, 0.25) is 0 Å². The molecule has 2 fully saturated rings. The van der Waals surface area contributed by atoms with Crippen molar-refractivity contribution < 1.29 is 23.5 Å². The van der Waals surface area contributed by atoms with Crippen molar-refractivity contribution in [1.82, 2.24) is 0 Å². The number of esters is 1. The Morgan fingerprint density at radius 3 is 2.26 bits per heavy atom. The van der Waals surface area contributed by atoms with E-state index in [-0.39, 0.29) is 5.69 Å². The molecule has 6 nitrogen and oxygen atoms in total. The normalized spacial score (nSPS) is 24.6. The summed E-state index contributed by atoms with van der Waals surface area (Å²) in [7, 11) is 0. The van der Waals surface area contributed by atoms with Gasteiger partial charge < -0.3 is 9.64 Å². The van der Waals surface area contributed by atoms with Crippen molar-refractivity contribution in [2.45, 2.75) is 12.1 Å². The van der Waals surface area contributed by atoms with E-state index in [2.05, 4.69) is 0 Å². The minimum Gasteiger partial charge on any atom is -0.425 e. The Hall–Kier alpha value is -4.26. The Bertz CT molecular complexity index is 1340. The molecule has 7 heteroatoms. The molecule has 6 rings (SSSR count). The van der Waals surface area contributed by atoms with Crippen molar-refractivity contribution >= 4 is 35.2 Å². The summed E-state index contributed by atoms with van der Waals surface area (Å²) in [6, 6.07) is 19.9. The van der Waals surface area contributed by atoms with Gasteiger partial charge in [0, 0.05) is 5.69 Å². The maximum atomic E-state index is 13.7. The highest BCUT2D eigenvalue weighted by Gasteiger charge is 2.65. The third kappa shape index (κ3) is 2.97. The van der Waals surface area contributed by atoms with Crippen LogP contribution in [0.3, 0.4) is 0 Å². The van der Waals surface area contributed by atoms with Crippen LogP contribution in [0.4, 0.5) is 15.8 Å². The number of hydrogen-bond donors (Lipinski definition) is 0. The van der Waals surface area contributed by atoms with Gasteiger partial charge in [-0.15, -0.1) is 0 Å². The molecule has 0 bridgehead atoms. The van der Waals surface area contributed by atoms with E-state index in [9.17, 15) is 18.8 Å². The van der Waals surface area contributed by atoms with Crippen LogP contribution in [0.25, 0.3) is 6.08 Å². The maximum absolute atomic E-state index is 13.7. The number of amides is 2. The number of ether oxygens (including phenoxy) is 1. The van der Waals surface area contributed by atoms with Gasteiger partial charge in [0.1, 0.15) is 17.6 Å². The number of para-hydroxylation sites is 2. The quantitative estimate of drug-likeness (QED) is 0.342. The van der Waals surface area contributed by atoms with E-state index in [0.29, 0.717) is 5.75 Å². The molecule has 4 atom stereocenters. The van der Waals surface area contributed by atoms with E-state index in [1.807, 2.05) is 47.4 Å². The molecule has 0 aliphatic carbocycles. The molecule has 34 heavy (non-hydrogen) atoms. The molecule has 3 aliphatic heterocycles. The summed E-state index contributed by atoms with van der Waals surface area (Å²) in [4.78, 5) is 43.7. The molecule has 2 saturated heterocycles. The lowest BCUT2D eigenvalue weighted by atomic mass is 9.89. The van der Waals surface area contributed by atoms with E-state index in [1.54, 1.807) is 24.3 Å². The maximum Gasteiger partial charge on any atom is 0.335 e. The van der Waals surface area contributed by atoms with E-state index in [1.165, 1.54) is 24.3 Å². The Balaban J connectivity index is 1.44. The van der Waals surface area contributed by atoms with Crippen LogP contribution in [0.15, 0.2) is 84.9 Å². The third-order valence-electron chi connectivity index (χ3n) is 6.70. The fraction of sp³-hybridized carbons (Fsp3) is 0.148. The zero-order valence-corrected chi connectivity index (χ0v) is 17.9. The number of anilines is 2. The van der Waals surface area contributed by atoms with Gasteiger partial charge >= 0.3 is 5.97 Å². The van der Waals surface area contributed by atoms with Crippen LogP contribution in [0.1, 0.15) is 5.56 Å². The van der Waals surface area contributed by atoms with Gasteiger partial charge in [0.25, 0.3) is 0 Å². The lowest BCUT2D eigenvalue weighted by Crippen LogP contribution is -2.50. The second-order valence-electron chi connectivity index (χ2n) is 8.53. The van der Waals surface area contributed by atoms with Crippen molar-refractivity contribution in [3.05, 3.63) is 96.3 Å². The third-order valence-corrected chi connectivity index (χ3v) is 6.70. The molecular weight excluding hydrogens is 435 g/mol. The summed E-state index contributed by atoms with van der Waals surface area (Å²) in [5.74, 6) is -3.31. The highest BCUT2D eigenvalue weighted by Crippen LogP contribution is 2.49. The molecule has 0 spiro atoms. The molecule has 3 aliphatic rings. The molecule has 3 aromatic rings. The number of rotatable bonds is 3. The van der Waals surface area contributed by atoms with Crippen molar-refractivity contribution in [2.24, 2.45) is 11.8 Å². The Morgan fingerprint density at radius 2 is 1.50 bits per heavy atom. The summed E-state index contributed by atoms with van der Waals surface area (Å²) in [6.07, 6.45) is 3.78. The fourth-order valence-corrected chi connectivity index (χ4v) is 5.29. The average molecular weight is 454 g/mol. The van der Waals surface area contributed by atoms with Gasteiger partial charge in [0.2, 0.25) is 11.8 Å². The lowest BCUT2D eigenvalue weighted by molar-refractivity contribution is -0.139. The minimum absolute atomic E-state index is 0.285. The van der Waals surface area contributed by atoms with Gasteiger partial charge in [-0.25, -0.2) is 14.1 Å². The van der Waals surface area contributed by atoms with Crippen LogP contribution in [-0.2, 0) is 14.4 Å². The number of nitrogens with zero attached hydrogens (tertiary/aromatic N) is 2. The van der Waals surface area contributed by atoms with E-state index < -0.39 is 47.5 Å². The SMILES string of the molecule is O=C(Oc1ccccc1)[C@@H]1[C@@H]2C(=O)N(c3ccc(F)cc3)C(=O)[C@@H]2[C@H]2C=Cc3ccccc3N21. The summed E-state index contributed by atoms with van der Waals surface area (Å²) in [6.45, 7) is 0. The highest BCUT2D eigenvalue weighted by atomic mass is 19.1. The smallest absolute Gasteiger partial charge is 0.335 e. The van der Waals surface area contributed by atoms with E-state index >= 15 is 0 Å². The number of halogens is 1. The van der Waals surface area contributed by atoms with Crippen molar-refractivity contribution in [2.75, 3.05) is 9.80 Å². The van der Waals surface area contributed by atoms with Crippen LogP contribution in [0.5, 0.6) is 5.75 Å². The van der Waals surface area contributed by atoms with Crippen LogP contribution in [-0.4, -0.2) is 29.9 Å². The zero-order valence-electron chi connectivity index (χ0n) is 17.9. The van der Waals surface area contributed by atoms with Crippen molar-refractivity contribution in [1.29, 1.82) is 0 Å². The van der Waals surface area contributed by atoms with Gasteiger partial charge in [-0.05, 0) is 48.0 Å². The summed E-state index contributed by atoms with van der Waals surface area (Å²) < 4.78 is 19.1. The number of hydrogen-bond acceptors (Lipinski definition) is 5. The van der Waals surface area contributed by atoms with Gasteiger partial charge in [-0.2, -0.15) is 0 Å². The molecule has 0 saturated carbocycles. The first kappa shape index (κ1) is 20.4. The summed E-state index contributed by atoms with van der Waals surface area (Å²) in [5, 5.41) is 0. The lowest BCUT2D eigenvalue weighted by Gasteiger charge is -2.36. The molecule has 0 N–H and O–H groups in total. The van der Waals surface area contributed by atoms with Gasteiger partial charge in [-0.3, -0.25) is 9.59 Å².